The normalized spacial score (nSPS) is 10.2. The van der Waals surface area contributed by atoms with E-state index in [1.165, 1.54) is 24.3 Å². The highest BCUT2D eigenvalue weighted by Gasteiger charge is 2.10. The van der Waals surface area contributed by atoms with Gasteiger partial charge in [-0.1, -0.05) is 19.8 Å². The van der Waals surface area contributed by atoms with Crippen LogP contribution in [0.25, 0.3) is 0 Å². The van der Waals surface area contributed by atoms with Crippen LogP contribution >= 0.6 is 0 Å². The van der Waals surface area contributed by atoms with E-state index in [2.05, 4.69) is 6.92 Å². The SMILES string of the molecule is CCCCCOc1ccc(C(=O)Oc2ccc([N+](=O)[O-])cc2)cc1. The molecule has 0 bridgehead atoms. The minimum absolute atomic E-state index is 0.0561. The van der Waals surface area contributed by atoms with E-state index in [1.54, 1.807) is 24.3 Å². The Labute approximate surface area is 140 Å². The Balaban J connectivity index is 1.91. The molecule has 0 aliphatic carbocycles. The largest absolute Gasteiger partial charge is 0.494 e. The van der Waals surface area contributed by atoms with Crippen molar-refractivity contribution in [1.29, 1.82) is 0 Å². The van der Waals surface area contributed by atoms with Crippen LogP contribution in [0.5, 0.6) is 11.5 Å². The molecule has 2 rings (SSSR count). The van der Waals surface area contributed by atoms with E-state index in [4.69, 9.17) is 9.47 Å². The summed E-state index contributed by atoms with van der Waals surface area (Å²) in [5, 5.41) is 10.6. The second kappa shape index (κ2) is 8.67. The molecule has 0 aromatic heterocycles. The Morgan fingerprint density at radius 3 is 2.21 bits per heavy atom. The second-order valence-electron chi connectivity index (χ2n) is 5.22. The van der Waals surface area contributed by atoms with Crippen molar-refractivity contribution >= 4 is 11.7 Å². The predicted octanol–water partition coefficient (Wildman–Crippen LogP) is 4.38. The monoisotopic (exact) mass is 329 g/mol. The third-order valence-corrected chi connectivity index (χ3v) is 3.36. The minimum atomic E-state index is -0.526. The smallest absolute Gasteiger partial charge is 0.343 e. The fourth-order valence-electron chi connectivity index (χ4n) is 2.03. The number of benzene rings is 2. The van der Waals surface area contributed by atoms with Gasteiger partial charge in [-0.2, -0.15) is 0 Å². The lowest BCUT2D eigenvalue weighted by Gasteiger charge is -2.07. The quantitative estimate of drug-likeness (QED) is 0.236. The lowest BCUT2D eigenvalue weighted by atomic mass is 10.2. The van der Waals surface area contributed by atoms with E-state index < -0.39 is 10.9 Å². The zero-order chi connectivity index (χ0) is 17.4. The van der Waals surface area contributed by atoms with E-state index in [1.807, 2.05) is 0 Å². The van der Waals surface area contributed by atoms with Crippen molar-refractivity contribution in [3.63, 3.8) is 0 Å². The summed E-state index contributed by atoms with van der Waals surface area (Å²) in [6, 6.07) is 12.1. The van der Waals surface area contributed by atoms with Crippen molar-refractivity contribution in [2.45, 2.75) is 26.2 Å². The number of nitro benzene ring substituents is 1. The van der Waals surface area contributed by atoms with Gasteiger partial charge in [-0.3, -0.25) is 10.1 Å². The van der Waals surface area contributed by atoms with Crippen LogP contribution in [-0.4, -0.2) is 17.5 Å². The molecular weight excluding hydrogens is 310 g/mol. The first kappa shape index (κ1) is 17.5. The van der Waals surface area contributed by atoms with Gasteiger partial charge in [0.1, 0.15) is 11.5 Å². The number of ether oxygens (including phenoxy) is 2. The Hall–Kier alpha value is -2.89. The number of carbonyl (C=O) groups is 1. The highest BCUT2D eigenvalue weighted by Crippen LogP contribution is 2.19. The van der Waals surface area contributed by atoms with E-state index in [0.717, 1.165) is 19.3 Å². The van der Waals surface area contributed by atoms with Gasteiger partial charge in [0.15, 0.2) is 0 Å². The van der Waals surface area contributed by atoms with E-state index in [9.17, 15) is 14.9 Å². The molecule has 6 heteroatoms. The average Bonchev–Trinajstić information content (AvgIpc) is 2.59. The summed E-state index contributed by atoms with van der Waals surface area (Å²) in [4.78, 5) is 22.1. The van der Waals surface area contributed by atoms with Gasteiger partial charge >= 0.3 is 5.97 Å². The molecule has 0 heterocycles. The van der Waals surface area contributed by atoms with Crippen LogP contribution in [0.2, 0.25) is 0 Å². The first-order valence-electron chi connectivity index (χ1n) is 7.79. The van der Waals surface area contributed by atoms with Crippen LogP contribution in [0.4, 0.5) is 5.69 Å². The Morgan fingerprint density at radius 1 is 1.00 bits per heavy atom. The standard InChI is InChI=1S/C18H19NO5/c1-2-3-4-13-23-16-9-5-14(6-10-16)18(20)24-17-11-7-15(8-12-17)19(21)22/h5-12H,2-4,13H2,1H3. The van der Waals surface area contributed by atoms with Crippen LogP contribution in [0, 0.1) is 10.1 Å². The highest BCUT2D eigenvalue weighted by molar-refractivity contribution is 5.91. The number of hydrogen-bond acceptors (Lipinski definition) is 5. The first-order chi connectivity index (χ1) is 11.6. The van der Waals surface area contributed by atoms with Crippen LogP contribution in [0.1, 0.15) is 36.5 Å². The number of non-ortho nitro benzene ring substituents is 1. The molecule has 24 heavy (non-hydrogen) atoms. The lowest BCUT2D eigenvalue weighted by Crippen LogP contribution is -2.08. The Bertz CT molecular complexity index is 680. The van der Waals surface area contributed by atoms with Gasteiger partial charge in [0.05, 0.1) is 17.1 Å². The summed E-state index contributed by atoms with van der Waals surface area (Å²) >= 11 is 0. The topological polar surface area (TPSA) is 78.7 Å². The average molecular weight is 329 g/mol. The number of rotatable bonds is 8. The van der Waals surface area contributed by atoms with Gasteiger partial charge in [-0.25, -0.2) is 4.79 Å². The highest BCUT2D eigenvalue weighted by atomic mass is 16.6. The van der Waals surface area contributed by atoms with Crippen molar-refractivity contribution in [3.05, 3.63) is 64.2 Å². The molecule has 0 amide bonds. The molecule has 0 atom stereocenters. The molecule has 6 nitrogen and oxygen atoms in total. The van der Waals surface area contributed by atoms with Crippen molar-refractivity contribution < 1.29 is 19.2 Å². The van der Waals surface area contributed by atoms with Crippen molar-refractivity contribution in [2.24, 2.45) is 0 Å². The zero-order valence-electron chi connectivity index (χ0n) is 13.4. The summed E-state index contributed by atoms with van der Waals surface area (Å²) < 4.78 is 10.8. The molecule has 0 aliphatic heterocycles. The van der Waals surface area contributed by atoms with Gasteiger partial charge in [0.2, 0.25) is 0 Å². The number of carbonyl (C=O) groups excluding carboxylic acids is 1. The van der Waals surface area contributed by atoms with Crippen molar-refractivity contribution in [2.75, 3.05) is 6.61 Å². The molecule has 0 fully saturated rings. The number of nitrogens with zero attached hydrogens (tertiary/aromatic N) is 1. The molecule has 0 unspecified atom stereocenters. The summed E-state index contributed by atoms with van der Waals surface area (Å²) in [6.45, 7) is 2.78. The summed E-state index contributed by atoms with van der Waals surface area (Å²) in [5.41, 5.74) is 0.327. The van der Waals surface area contributed by atoms with Crippen LogP contribution in [0.15, 0.2) is 48.5 Å². The molecule has 0 N–H and O–H groups in total. The molecule has 126 valence electrons. The minimum Gasteiger partial charge on any atom is -0.494 e. The maximum absolute atomic E-state index is 12.0. The molecule has 0 saturated heterocycles. The Kier molecular flexibility index (Phi) is 6.31. The molecule has 2 aromatic rings. The number of nitro groups is 1. The van der Waals surface area contributed by atoms with Crippen molar-refractivity contribution in [3.8, 4) is 11.5 Å². The molecule has 0 spiro atoms. The fraction of sp³-hybridized carbons (Fsp3) is 0.278. The molecule has 0 aliphatic rings. The van der Waals surface area contributed by atoms with Gasteiger partial charge in [-0.05, 0) is 42.8 Å². The molecule has 2 aromatic carbocycles. The summed E-state index contributed by atoms with van der Waals surface area (Å²) in [5.74, 6) is 0.435. The molecular formula is C18H19NO5. The van der Waals surface area contributed by atoms with E-state index >= 15 is 0 Å². The van der Waals surface area contributed by atoms with Crippen molar-refractivity contribution in [1.82, 2.24) is 0 Å². The Morgan fingerprint density at radius 2 is 1.62 bits per heavy atom. The first-order valence-corrected chi connectivity index (χ1v) is 7.79. The van der Waals surface area contributed by atoms with E-state index in [0.29, 0.717) is 17.9 Å². The van der Waals surface area contributed by atoms with Gasteiger partial charge in [0.25, 0.3) is 5.69 Å². The van der Waals surface area contributed by atoms with Crippen LogP contribution in [-0.2, 0) is 0 Å². The van der Waals surface area contributed by atoms with E-state index in [-0.39, 0.29) is 11.4 Å². The maximum Gasteiger partial charge on any atom is 0.343 e. The maximum atomic E-state index is 12.0. The van der Waals surface area contributed by atoms with Gasteiger partial charge in [-0.15, -0.1) is 0 Å². The second-order valence-corrected chi connectivity index (χ2v) is 5.22. The third-order valence-electron chi connectivity index (χ3n) is 3.36. The van der Waals surface area contributed by atoms with Gasteiger partial charge < -0.3 is 9.47 Å². The van der Waals surface area contributed by atoms with Gasteiger partial charge in [0, 0.05) is 12.1 Å². The predicted molar refractivity (Wildman–Crippen MR) is 89.5 cm³/mol. The summed E-state index contributed by atoms with van der Waals surface area (Å²) in [7, 11) is 0. The number of hydrogen-bond donors (Lipinski definition) is 0. The third kappa shape index (κ3) is 5.08. The lowest BCUT2D eigenvalue weighted by molar-refractivity contribution is -0.384. The fourth-order valence-corrected chi connectivity index (χ4v) is 2.03. The zero-order valence-corrected chi connectivity index (χ0v) is 13.4. The number of unbranched alkanes of at least 4 members (excludes halogenated alkanes) is 2. The van der Waals surface area contributed by atoms with Crippen LogP contribution in [0.3, 0.4) is 0 Å². The number of esters is 1. The molecule has 0 radical (unpaired) electrons. The summed E-state index contributed by atoms with van der Waals surface area (Å²) in [6.07, 6.45) is 3.26. The molecule has 0 saturated carbocycles. The van der Waals surface area contributed by atoms with Crippen LogP contribution < -0.4 is 9.47 Å².